The minimum absolute atomic E-state index is 0.0559. The van der Waals surface area contributed by atoms with E-state index in [9.17, 15) is 4.79 Å². The van der Waals surface area contributed by atoms with Gasteiger partial charge in [0.05, 0.1) is 13.0 Å². The van der Waals surface area contributed by atoms with Crippen molar-refractivity contribution >= 4 is 23.3 Å². The first-order chi connectivity index (χ1) is 15.1. The molecule has 3 aliphatic rings. The van der Waals surface area contributed by atoms with Gasteiger partial charge >= 0.3 is 5.97 Å². The molecule has 0 bridgehead atoms. The first kappa shape index (κ1) is 20.8. The van der Waals surface area contributed by atoms with Gasteiger partial charge in [-0.2, -0.15) is 0 Å². The number of hydrogen-bond donors (Lipinski definition) is 0. The number of methoxy groups -OCH3 is 1. The first-order valence-corrected chi connectivity index (χ1v) is 11.9. The van der Waals surface area contributed by atoms with Gasteiger partial charge in [-0.05, 0) is 73.5 Å². The zero-order valence-electron chi connectivity index (χ0n) is 18.2. The zero-order chi connectivity index (χ0) is 21.4. The number of esters is 1. The Bertz CT molecular complexity index is 927. The second-order valence-electron chi connectivity index (χ2n) is 9.40. The van der Waals surface area contributed by atoms with Gasteiger partial charge in [0, 0.05) is 36.3 Å². The predicted molar refractivity (Wildman–Crippen MR) is 125 cm³/mol. The molecule has 0 unspecified atom stereocenters. The fourth-order valence-corrected chi connectivity index (χ4v) is 5.31. The average Bonchev–Trinajstić information content (AvgIpc) is 3.59. The quantitative estimate of drug-likeness (QED) is 0.580. The van der Waals surface area contributed by atoms with Gasteiger partial charge in [-0.15, -0.1) is 0 Å². The van der Waals surface area contributed by atoms with Crippen molar-refractivity contribution in [3.05, 3.63) is 64.2 Å². The normalized spacial score (nSPS) is 20.5. The highest BCUT2D eigenvalue weighted by Crippen LogP contribution is 2.44. The smallest absolute Gasteiger partial charge is 0.308 e. The number of ether oxygens (including phenoxy) is 1. The van der Waals surface area contributed by atoms with Crippen molar-refractivity contribution in [2.75, 3.05) is 38.2 Å². The predicted octanol–water partition coefficient (Wildman–Crippen LogP) is 5.21. The molecule has 164 valence electrons. The molecule has 0 atom stereocenters. The van der Waals surface area contributed by atoms with Crippen LogP contribution in [0.2, 0.25) is 5.02 Å². The van der Waals surface area contributed by atoms with Crippen LogP contribution in [0.25, 0.3) is 0 Å². The molecule has 1 saturated carbocycles. The van der Waals surface area contributed by atoms with Gasteiger partial charge in [0.25, 0.3) is 0 Å². The van der Waals surface area contributed by atoms with Crippen molar-refractivity contribution in [1.29, 1.82) is 0 Å². The third-order valence-electron chi connectivity index (χ3n) is 7.23. The van der Waals surface area contributed by atoms with Crippen LogP contribution in [-0.2, 0) is 16.1 Å². The number of piperidine rings is 1. The lowest BCUT2D eigenvalue weighted by Crippen LogP contribution is -2.45. The molecule has 4 nitrogen and oxygen atoms in total. The topological polar surface area (TPSA) is 32.8 Å². The number of halogens is 1. The Labute approximate surface area is 190 Å². The van der Waals surface area contributed by atoms with Crippen LogP contribution >= 0.6 is 11.6 Å². The van der Waals surface area contributed by atoms with Crippen molar-refractivity contribution in [2.24, 2.45) is 5.92 Å². The van der Waals surface area contributed by atoms with E-state index in [1.807, 2.05) is 0 Å². The molecule has 1 aliphatic carbocycles. The maximum absolute atomic E-state index is 11.7. The monoisotopic (exact) mass is 438 g/mol. The number of anilines is 1. The Morgan fingerprint density at radius 3 is 2.32 bits per heavy atom. The molecule has 0 radical (unpaired) electrons. The second kappa shape index (κ2) is 8.84. The van der Waals surface area contributed by atoms with E-state index in [4.69, 9.17) is 16.3 Å². The third-order valence-corrected chi connectivity index (χ3v) is 7.55. The second-order valence-corrected chi connectivity index (χ2v) is 9.80. The Morgan fingerprint density at radius 2 is 1.71 bits per heavy atom. The Balaban J connectivity index is 1.11. The molecule has 2 aromatic rings. The highest BCUT2D eigenvalue weighted by atomic mass is 35.5. The largest absolute Gasteiger partial charge is 0.469 e. The van der Waals surface area contributed by atoms with Crippen LogP contribution in [0.15, 0.2) is 42.5 Å². The van der Waals surface area contributed by atoms with Crippen LogP contribution in [0.3, 0.4) is 0 Å². The van der Waals surface area contributed by atoms with Crippen molar-refractivity contribution in [3.63, 3.8) is 0 Å². The van der Waals surface area contributed by atoms with Crippen LogP contribution in [0.4, 0.5) is 5.69 Å². The summed E-state index contributed by atoms with van der Waals surface area (Å²) in [6, 6.07) is 15.7. The van der Waals surface area contributed by atoms with E-state index in [2.05, 4.69) is 52.3 Å². The van der Waals surface area contributed by atoms with Gasteiger partial charge in [-0.25, -0.2) is 0 Å². The van der Waals surface area contributed by atoms with Crippen molar-refractivity contribution < 1.29 is 9.53 Å². The van der Waals surface area contributed by atoms with E-state index < -0.39 is 0 Å². The van der Waals surface area contributed by atoms with E-state index in [1.165, 1.54) is 42.3 Å². The number of likely N-dealkylation sites (tertiary alicyclic amines) is 1. The summed E-state index contributed by atoms with van der Waals surface area (Å²) in [6.07, 6.45) is 4.36. The number of benzene rings is 2. The zero-order valence-corrected chi connectivity index (χ0v) is 19.0. The lowest BCUT2D eigenvalue weighted by atomic mass is 9.90. The van der Waals surface area contributed by atoms with E-state index in [1.54, 1.807) is 0 Å². The van der Waals surface area contributed by atoms with Crippen LogP contribution in [0.5, 0.6) is 0 Å². The van der Waals surface area contributed by atoms with Gasteiger partial charge in [0.1, 0.15) is 0 Å². The molecular formula is C26H31ClN2O2. The highest BCUT2D eigenvalue weighted by molar-refractivity contribution is 6.31. The summed E-state index contributed by atoms with van der Waals surface area (Å²) in [7, 11) is 1.48. The maximum Gasteiger partial charge on any atom is 0.308 e. The fourth-order valence-electron chi connectivity index (χ4n) is 4.99. The molecule has 2 aliphatic heterocycles. The van der Waals surface area contributed by atoms with Gasteiger partial charge in [-0.3, -0.25) is 9.69 Å². The molecule has 31 heavy (non-hydrogen) atoms. The minimum Gasteiger partial charge on any atom is -0.469 e. The Hall–Kier alpha value is -2.04. The Morgan fingerprint density at radius 1 is 1.00 bits per heavy atom. The molecule has 2 aromatic carbocycles. The SMILES string of the molecule is COC(=O)C1CCN(Cc2ccc(C3CN(c4ccc(C5CC5)c(Cl)c4)C3)cc2)CC1. The summed E-state index contributed by atoms with van der Waals surface area (Å²) in [5, 5.41) is 0.934. The standard InChI is InChI=1S/C26H31ClN2O2/c1-31-26(30)21-10-12-28(13-11-21)15-18-2-4-19(5-3-18)22-16-29(17-22)23-8-9-24(20-6-7-20)25(27)14-23/h2-5,8-9,14,20-22H,6-7,10-13,15-17H2,1H3. The van der Waals surface area contributed by atoms with Crippen molar-refractivity contribution in [1.82, 2.24) is 4.90 Å². The third kappa shape index (κ3) is 4.61. The highest BCUT2D eigenvalue weighted by Gasteiger charge is 2.30. The molecule has 0 aromatic heterocycles. The van der Waals surface area contributed by atoms with Crippen molar-refractivity contribution in [3.8, 4) is 0 Å². The number of hydrogen-bond acceptors (Lipinski definition) is 4. The number of rotatable bonds is 6. The molecule has 2 heterocycles. The van der Waals surface area contributed by atoms with E-state index in [0.717, 1.165) is 50.6 Å². The van der Waals surface area contributed by atoms with E-state index in [0.29, 0.717) is 11.8 Å². The van der Waals surface area contributed by atoms with Gasteiger partial charge in [-0.1, -0.05) is 41.9 Å². The van der Waals surface area contributed by atoms with Crippen LogP contribution in [0.1, 0.15) is 54.2 Å². The van der Waals surface area contributed by atoms with Crippen LogP contribution in [-0.4, -0.2) is 44.2 Å². The minimum atomic E-state index is -0.0559. The number of carbonyl (C=O) groups excluding carboxylic acids is 1. The number of carbonyl (C=O) groups is 1. The summed E-state index contributed by atoms with van der Waals surface area (Å²) in [5.74, 6) is 1.31. The summed E-state index contributed by atoms with van der Waals surface area (Å²) in [5.41, 5.74) is 5.34. The van der Waals surface area contributed by atoms with E-state index in [-0.39, 0.29) is 11.9 Å². The summed E-state index contributed by atoms with van der Waals surface area (Å²) in [6.45, 7) is 4.98. The van der Waals surface area contributed by atoms with Crippen molar-refractivity contribution in [2.45, 2.75) is 44.1 Å². The maximum atomic E-state index is 11.7. The molecule has 0 amide bonds. The number of nitrogens with zero attached hydrogens (tertiary/aromatic N) is 2. The van der Waals surface area contributed by atoms with Crippen LogP contribution in [0, 0.1) is 5.92 Å². The first-order valence-electron chi connectivity index (χ1n) is 11.5. The molecule has 0 N–H and O–H groups in total. The summed E-state index contributed by atoms with van der Waals surface area (Å²) in [4.78, 5) is 16.6. The fraction of sp³-hybridized carbons (Fsp3) is 0.500. The van der Waals surface area contributed by atoms with E-state index >= 15 is 0 Å². The van der Waals surface area contributed by atoms with Gasteiger partial charge < -0.3 is 9.64 Å². The van der Waals surface area contributed by atoms with Gasteiger partial charge in [0.15, 0.2) is 0 Å². The molecule has 3 fully saturated rings. The molecule has 2 saturated heterocycles. The molecule has 0 spiro atoms. The molecule has 5 rings (SSSR count). The Kier molecular flexibility index (Phi) is 5.94. The molecular weight excluding hydrogens is 408 g/mol. The molecule has 5 heteroatoms. The summed E-state index contributed by atoms with van der Waals surface area (Å²) >= 11 is 6.52. The van der Waals surface area contributed by atoms with Crippen LogP contribution < -0.4 is 4.90 Å². The summed E-state index contributed by atoms with van der Waals surface area (Å²) < 4.78 is 4.89. The lowest BCUT2D eigenvalue weighted by Gasteiger charge is -2.41. The van der Waals surface area contributed by atoms with Gasteiger partial charge in [0.2, 0.25) is 0 Å². The lowest BCUT2D eigenvalue weighted by molar-refractivity contribution is -0.147. The average molecular weight is 439 g/mol.